The molecular formula is C46H29N3O. The van der Waals surface area contributed by atoms with Gasteiger partial charge in [-0.3, -0.25) is 0 Å². The Balaban J connectivity index is 1.19. The van der Waals surface area contributed by atoms with E-state index in [9.17, 15) is 0 Å². The van der Waals surface area contributed by atoms with Crippen LogP contribution < -0.4 is 0 Å². The Labute approximate surface area is 289 Å². The van der Waals surface area contributed by atoms with Crippen molar-refractivity contribution in [1.29, 1.82) is 0 Å². The summed E-state index contributed by atoms with van der Waals surface area (Å²) in [5.74, 6) is 0.620. The van der Waals surface area contributed by atoms with E-state index < -0.39 is 5.41 Å². The van der Waals surface area contributed by atoms with Crippen molar-refractivity contribution >= 4 is 22.1 Å². The zero-order chi connectivity index (χ0) is 33.1. The number of hydrogen-bond donors (Lipinski definition) is 0. The maximum Gasteiger partial charge on any atom is 0.227 e. The van der Waals surface area contributed by atoms with Crippen LogP contribution in [0.4, 0.5) is 0 Å². The van der Waals surface area contributed by atoms with Crippen LogP contribution in [-0.2, 0) is 5.41 Å². The normalized spacial score (nSPS) is 13.0. The van der Waals surface area contributed by atoms with Crippen molar-refractivity contribution in [2.45, 2.75) is 5.41 Å². The van der Waals surface area contributed by atoms with Crippen molar-refractivity contribution in [2.24, 2.45) is 0 Å². The van der Waals surface area contributed by atoms with Crippen molar-refractivity contribution in [3.05, 3.63) is 198 Å². The van der Waals surface area contributed by atoms with E-state index in [1.165, 1.54) is 22.3 Å². The van der Waals surface area contributed by atoms with E-state index in [0.717, 1.165) is 61.3 Å². The summed E-state index contributed by atoms with van der Waals surface area (Å²) >= 11 is 0. The summed E-state index contributed by atoms with van der Waals surface area (Å²) in [4.78, 5) is 15.1. The van der Waals surface area contributed by atoms with E-state index in [4.69, 9.17) is 19.4 Å². The Morgan fingerprint density at radius 2 is 0.880 bits per heavy atom. The molecule has 7 aromatic carbocycles. The fourth-order valence-corrected chi connectivity index (χ4v) is 7.76. The lowest BCUT2D eigenvalue weighted by Crippen LogP contribution is -2.28. The van der Waals surface area contributed by atoms with Crippen LogP contribution in [0.15, 0.2) is 180 Å². The van der Waals surface area contributed by atoms with Gasteiger partial charge in [0.1, 0.15) is 5.52 Å². The van der Waals surface area contributed by atoms with Gasteiger partial charge in [0.05, 0.1) is 27.8 Å². The van der Waals surface area contributed by atoms with Gasteiger partial charge in [-0.25, -0.2) is 15.0 Å². The average Bonchev–Trinajstić information content (AvgIpc) is 3.76. The summed E-state index contributed by atoms with van der Waals surface area (Å²) in [7, 11) is 0. The summed E-state index contributed by atoms with van der Waals surface area (Å²) in [5.41, 5.74) is 14.7. The first-order valence-electron chi connectivity index (χ1n) is 16.9. The van der Waals surface area contributed by atoms with Gasteiger partial charge in [0.2, 0.25) is 5.89 Å². The molecule has 0 spiro atoms. The van der Waals surface area contributed by atoms with Crippen LogP contribution in [0.3, 0.4) is 0 Å². The average molecular weight is 640 g/mol. The lowest BCUT2D eigenvalue weighted by molar-refractivity contribution is 0.618. The van der Waals surface area contributed by atoms with Gasteiger partial charge in [-0.1, -0.05) is 140 Å². The monoisotopic (exact) mass is 639 g/mol. The fraction of sp³-hybridized carbons (Fsp3) is 0.0217. The Morgan fingerprint density at radius 1 is 0.380 bits per heavy atom. The first-order chi connectivity index (χ1) is 24.8. The maximum absolute atomic E-state index is 6.45. The predicted octanol–water partition coefficient (Wildman–Crippen LogP) is 11.1. The predicted molar refractivity (Wildman–Crippen MR) is 201 cm³/mol. The van der Waals surface area contributed by atoms with Crippen LogP contribution in [0.2, 0.25) is 0 Å². The third-order valence-electron chi connectivity index (χ3n) is 10.0. The molecule has 0 saturated carbocycles. The highest BCUT2D eigenvalue weighted by molar-refractivity contribution is 5.89. The van der Waals surface area contributed by atoms with Crippen molar-refractivity contribution in [3.63, 3.8) is 0 Å². The van der Waals surface area contributed by atoms with Gasteiger partial charge >= 0.3 is 0 Å². The minimum Gasteiger partial charge on any atom is -0.436 e. The van der Waals surface area contributed by atoms with Crippen LogP contribution in [0.5, 0.6) is 0 Å². The SMILES string of the molecule is c1ccc(-c2nc3ccc(C4(c5ccc(-c6nc7ccccc7nc6-c6ccccc6)cc5)c5ccccc5-c5ccccc54)cc3o2)cc1. The van der Waals surface area contributed by atoms with E-state index in [1.807, 2.05) is 72.8 Å². The van der Waals surface area contributed by atoms with Crippen molar-refractivity contribution in [1.82, 2.24) is 15.0 Å². The highest BCUT2D eigenvalue weighted by atomic mass is 16.3. The lowest BCUT2D eigenvalue weighted by atomic mass is 9.67. The van der Waals surface area contributed by atoms with Gasteiger partial charge < -0.3 is 4.42 Å². The fourth-order valence-electron chi connectivity index (χ4n) is 7.76. The summed E-state index contributed by atoms with van der Waals surface area (Å²) in [6.45, 7) is 0. The Hall–Kier alpha value is -6.65. The number of fused-ring (bicyclic) bond motifs is 5. The minimum atomic E-state index is -0.586. The summed E-state index contributed by atoms with van der Waals surface area (Å²) < 4.78 is 6.45. The molecule has 9 aromatic rings. The molecule has 2 aromatic heterocycles. The van der Waals surface area contributed by atoms with Crippen molar-refractivity contribution in [3.8, 4) is 45.1 Å². The molecule has 1 aliphatic carbocycles. The first-order valence-corrected chi connectivity index (χ1v) is 16.9. The van der Waals surface area contributed by atoms with Crippen LogP contribution in [-0.4, -0.2) is 15.0 Å². The van der Waals surface area contributed by atoms with E-state index >= 15 is 0 Å². The highest BCUT2D eigenvalue weighted by Crippen LogP contribution is 2.56. The van der Waals surface area contributed by atoms with E-state index in [-0.39, 0.29) is 0 Å². The van der Waals surface area contributed by atoms with Crippen molar-refractivity contribution in [2.75, 3.05) is 0 Å². The summed E-state index contributed by atoms with van der Waals surface area (Å²) in [6, 6.07) is 61.5. The third-order valence-corrected chi connectivity index (χ3v) is 10.0. The molecule has 0 amide bonds. The molecule has 1 aliphatic rings. The topological polar surface area (TPSA) is 51.8 Å². The van der Waals surface area contributed by atoms with E-state index in [2.05, 4.69) is 103 Å². The highest BCUT2D eigenvalue weighted by Gasteiger charge is 2.46. The summed E-state index contributed by atoms with van der Waals surface area (Å²) in [6.07, 6.45) is 0. The van der Waals surface area contributed by atoms with Crippen LogP contribution >= 0.6 is 0 Å². The third kappa shape index (κ3) is 4.28. The molecule has 4 nitrogen and oxygen atoms in total. The first kappa shape index (κ1) is 28.4. The molecule has 0 bridgehead atoms. The van der Waals surface area contributed by atoms with Gasteiger partial charge in [-0.05, 0) is 69.8 Å². The van der Waals surface area contributed by atoms with E-state index in [1.54, 1.807) is 0 Å². The lowest BCUT2D eigenvalue weighted by Gasteiger charge is -2.34. The molecule has 0 saturated heterocycles. The van der Waals surface area contributed by atoms with Crippen LogP contribution in [0.1, 0.15) is 22.3 Å². The molecule has 0 unspecified atom stereocenters. The quantitative estimate of drug-likeness (QED) is 0.188. The van der Waals surface area contributed by atoms with Gasteiger partial charge in [0.25, 0.3) is 0 Å². The molecule has 0 atom stereocenters. The van der Waals surface area contributed by atoms with Crippen LogP contribution in [0.25, 0.3) is 67.2 Å². The molecule has 0 fully saturated rings. The number of benzene rings is 7. The Morgan fingerprint density at radius 3 is 1.50 bits per heavy atom. The van der Waals surface area contributed by atoms with Crippen LogP contribution in [0, 0.1) is 0 Å². The van der Waals surface area contributed by atoms with E-state index in [0.29, 0.717) is 5.89 Å². The largest absolute Gasteiger partial charge is 0.436 e. The molecule has 234 valence electrons. The number of oxazole rings is 1. The molecule has 0 N–H and O–H groups in total. The second-order valence-electron chi connectivity index (χ2n) is 12.8. The van der Waals surface area contributed by atoms with Crippen molar-refractivity contribution < 1.29 is 4.42 Å². The Bertz CT molecular complexity index is 2650. The number of para-hydroxylation sites is 2. The molecule has 0 aliphatic heterocycles. The molecule has 4 heteroatoms. The second kappa shape index (κ2) is 11.2. The molecule has 10 rings (SSSR count). The standard InChI is InChI=1S/C46H29N3O/c1-3-13-30(14-4-1)43-44(48-40-22-12-11-21-39(40)47-43)31-23-25-33(26-24-31)46(37-19-9-7-17-35(37)36-18-8-10-20-38(36)46)34-27-28-41-42(29-34)50-45(49-41)32-15-5-2-6-16-32/h1-29H. The number of rotatable bonds is 5. The number of aromatic nitrogens is 3. The number of hydrogen-bond acceptors (Lipinski definition) is 4. The maximum atomic E-state index is 6.45. The molecule has 0 radical (unpaired) electrons. The summed E-state index contributed by atoms with van der Waals surface area (Å²) in [5, 5.41) is 0. The Kier molecular flexibility index (Phi) is 6.36. The van der Waals surface area contributed by atoms with Gasteiger partial charge in [0.15, 0.2) is 5.58 Å². The molecule has 2 heterocycles. The number of nitrogens with zero attached hydrogens (tertiary/aromatic N) is 3. The second-order valence-corrected chi connectivity index (χ2v) is 12.8. The molecule has 50 heavy (non-hydrogen) atoms. The molecular weight excluding hydrogens is 611 g/mol. The zero-order valence-corrected chi connectivity index (χ0v) is 27.0. The van der Waals surface area contributed by atoms with Gasteiger partial charge in [0, 0.05) is 16.7 Å². The smallest absolute Gasteiger partial charge is 0.227 e. The minimum absolute atomic E-state index is 0.586. The zero-order valence-electron chi connectivity index (χ0n) is 27.0. The van der Waals surface area contributed by atoms with Gasteiger partial charge in [-0.15, -0.1) is 0 Å². The van der Waals surface area contributed by atoms with Gasteiger partial charge in [-0.2, -0.15) is 0 Å².